The quantitative estimate of drug-likeness (QED) is 0.475. The highest BCUT2D eigenvalue weighted by Crippen LogP contribution is 2.36. The van der Waals surface area contributed by atoms with E-state index >= 15 is 0 Å². The Labute approximate surface area is 190 Å². The molecule has 1 saturated heterocycles. The lowest BCUT2D eigenvalue weighted by atomic mass is 10.0. The number of anilines is 1. The molecule has 0 amide bonds. The first kappa shape index (κ1) is 24.2. The largest absolute Gasteiger partial charge is 0.417 e. The lowest BCUT2D eigenvalue weighted by molar-refractivity contribution is -0.137. The number of aliphatic hydroxyl groups excluding tert-OH is 1. The molecule has 0 saturated carbocycles. The van der Waals surface area contributed by atoms with Crippen LogP contribution in [0.3, 0.4) is 0 Å². The molecule has 32 heavy (non-hydrogen) atoms. The fraction of sp³-hybridized carbons (Fsp3) is 0.421. The van der Waals surface area contributed by atoms with Gasteiger partial charge in [-0.3, -0.25) is 14.3 Å². The minimum Gasteiger partial charge on any atom is -0.394 e. The highest BCUT2D eigenvalue weighted by Gasteiger charge is 2.36. The van der Waals surface area contributed by atoms with Gasteiger partial charge in [-0.2, -0.15) is 13.2 Å². The summed E-state index contributed by atoms with van der Waals surface area (Å²) in [6, 6.07) is 3.18. The van der Waals surface area contributed by atoms with E-state index in [1.165, 1.54) is 16.8 Å². The van der Waals surface area contributed by atoms with Crippen LogP contribution in [0.25, 0.3) is 0 Å². The van der Waals surface area contributed by atoms with Gasteiger partial charge < -0.3 is 20.5 Å². The second kappa shape index (κ2) is 9.61. The van der Waals surface area contributed by atoms with Crippen molar-refractivity contribution in [2.45, 2.75) is 31.9 Å². The summed E-state index contributed by atoms with van der Waals surface area (Å²) in [5.41, 5.74) is -1.43. The van der Waals surface area contributed by atoms with Crippen LogP contribution in [0, 0.1) is 12.8 Å². The zero-order valence-electron chi connectivity index (χ0n) is 16.7. The fourth-order valence-corrected chi connectivity index (χ4v) is 3.88. The fourth-order valence-electron chi connectivity index (χ4n) is 3.39. The summed E-state index contributed by atoms with van der Waals surface area (Å²) >= 11 is 10.9. The van der Waals surface area contributed by atoms with Gasteiger partial charge >= 0.3 is 11.9 Å². The maximum atomic E-state index is 12.8. The summed E-state index contributed by atoms with van der Waals surface area (Å²) in [4.78, 5) is 25.9. The number of nitrogens with zero attached hydrogens (tertiary/aromatic N) is 1. The van der Waals surface area contributed by atoms with Crippen molar-refractivity contribution in [2.75, 3.05) is 18.5 Å². The topological polar surface area (TPSA) is 108 Å². The number of alkyl halides is 3. The molecule has 0 radical (unpaired) electrons. The van der Waals surface area contributed by atoms with Gasteiger partial charge in [0.2, 0.25) is 0 Å². The molecular weight excluding hydrogens is 473 g/mol. The molecule has 4 N–H and O–H groups in total. The number of halogens is 4. The number of aryl methyl sites for hydroxylation is 1. The van der Waals surface area contributed by atoms with E-state index in [0.29, 0.717) is 12.0 Å². The number of H-pyrrole nitrogens is 1. The second-order valence-electron chi connectivity index (χ2n) is 7.31. The number of nitrogens with one attached hydrogen (secondary N) is 3. The predicted molar refractivity (Wildman–Crippen MR) is 116 cm³/mol. The molecule has 1 fully saturated rings. The third-order valence-corrected chi connectivity index (χ3v) is 5.61. The Hall–Kier alpha value is -2.41. The van der Waals surface area contributed by atoms with Crippen LogP contribution in [-0.4, -0.2) is 39.0 Å². The van der Waals surface area contributed by atoms with Gasteiger partial charge in [0, 0.05) is 29.9 Å². The predicted octanol–water partition coefficient (Wildman–Crippen LogP) is 2.40. The lowest BCUT2D eigenvalue weighted by Crippen LogP contribution is -2.36. The monoisotopic (exact) mass is 492 g/mol. The highest BCUT2D eigenvalue weighted by atomic mass is 35.5. The smallest absolute Gasteiger partial charge is 0.394 e. The molecule has 0 aliphatic carbocycles. The molecule has 2 heterocycles. The minimum absolute atomic E-state index is 0.137. The number of aliphatic hydroxyl groups is 1. The number of aromatic amines is 1. The Kier molecular flexibility index (Phi) is 7.28. The van der Waals surface area contributed by atoms with E-state index in [1.54, 1.807) is 6.92 Å². The Morgan fingerprint density at radius 1 is 1.41 bits per heavy atom. The van der Waals surface area contributed by atoms with Crippen molar-refractivity contribution >= 4 is 34.6 Å². The van der Waals surface area contributed by atoms with Crippen LogP contribution in [0.1, 0.15) is 23.8 Å². The Morgan fingerprint density at radius 2 is 2.12 bits per heavy atom. The molecule has 3 atom stereocenters. The van der Waals surface area contributed by atoms with Crippen molar-refractivity contribution in [1.82, 2.24) is 14.9 Å². The molecule has 8 nitrogen and oxygen atoms in total. The van der Waals surface area contributed by atoms with Crippen molar-refractivity contribution < 1.29 is 23.0 Å². The SMILES string of the molecule is Cc1cn([C@H]2C[C@H](CNC(=S)Nc3ccc(C(F)(F)F)c(Cl)c3)[C@@H](CO)O2)c(=O)[nH]c1=O. The van der Waals surface area contributed by atoms with Crippen LogP contribution in [0.4, 0.5) is 18.9 Å². The maximum absolute atomic E-state index is 12.8. The summed E-state index contributed by atoms with van der Waals surface area (Å²) in [6.07, 6.45) is -4.07. The van der Waals surface area contributed by atoms with Gasteiger partial charge in [0.25, 0.3) is 5.56 Å². The molecule has 0 bridgehead atoms. The van der Waals surface area contributed by atoms with Crippen LogP contribution in [0.5, 0.6) is 0 Å². The first-order valence-electron chi connectivity index (χ1n) is 9.49. The molecule has 1 aromatic carbocycles. The van der Waals surface area contributed by atoms with Crippen molar-refractivity contribution in [3.8, 4) is 0 Å². The van der Waals surface area contributed by atoms with Crippen molar-refractivity contribution in [3.05, 3.63) is 61.4 Å². The van der Waals surface area contributed by atoms with E-state index < -0.39 is 40.3 Å². The normalized spacial score (nSPS) is 20.9. The molecule has 3 rings (SSSR count). The zero-order valence-corrected chi connectivity index (χ0v) is 18.3. The number of rotatable bonds is 5. The number of thiocarbonyl (C=S) groups is 1. The standard InChI is InChI=1S/C19H20ClF3N4O4S/c1-9-7-27(18(30)26-16(9)29)15-4-10(14(8-28)31-15)6-24-17(32)25-11-2-3-12(13(20)5-11)19(21,22)23/h2-3,5,7,10,14-15,28H,4,6,8H2,1H3,(H2,24,25,32)(H,26,29,30)/t10-,14-,15-/m1/s1. The summed E-state index contributed by atoms with van der Waals surface area (Å²) in [5, 5.41) is 15.0. The minimum atomic E-state index is -4.56. The molecular formula is C19H20ClF3N4O4S. The first-order chi connectivity index (χ1) is 15.0. The summed E-state index contributed by atoms with van der Waals surface area (Å²) in [6.45, 7) is 1.53. The van der Waals surface area contributed by atoms with Gasteiger partial charge in [0.15, 0.2) is 5.11 Å². The van der Waals surface area contributed by atoms with Crippen molar-refractivity contribution in [1.29, 1.82) is 0 Å². The van der Waals surface area contributed by atoms with Gasteiger partial charge in [0.05, 0.1) is 23.3 Å². The van der Waals surface area contributed by atoms with Crippen LogP contribution < -0.4 is 21.9 Å². The van der Waals surface area contributed by atoms with Crippen LogP contribution in [-0.2, 0) is 10.9 Å². The van der Waals surface area contributed by atoms with E-state index in [1.807, 2.05) is 0 Å². The number of ether oxygens (including phenoxy) is 1. The highest BCUT2D eigenvalue weighted by molar-refractivity contribution is 7.80. The Bertz CT molecular complexity index is 1120. The number of hydrogen-bond donors (Lipinski definition) is 4. The van der Waals surface area contributed by atoms with Crippen LogP contribution in [0.15, 0.2) is 34.0 Å². The van der Waals surface area contributed by atoms with Crippen molar-refractivity contribution in [2.24, 2.45) is 5.92 Å². The number of aromatic nitrogens is 2. The molecule has 0 spiro atoms. The van der Waals surface area contributed by atoms with E-state index in [0.717, 1.165) is 12.1 Å². The third-order valence-electron chi connectivity index (χ3n) is 5.06. The Morgan fingerprint density at radius 3 is 2.75 bits per heavy atom. The average Bonchev–Trinajstić information content (AvgIpc) is 3.11. The van der Waals surface area contributed by atoms with Gasteiger partial charge in [-0.1, -0.05) is 11.6 Å². The van der Waals surface area contributed by atoms with E-state index in [9.17, 15) is 27.9 Å². The molecule has 13 heteroatoms. The summed E-state index contributed by atoms with van der Waals surface area (Å²) in [7, 11) is 0. The molecule has 0 unspecified atom stereocenters. The van der Waals surface area contributed by atoms with E-state index in [2.05, 4.69) is 15.6 Å². The van der Waals surface area contributed by atoms with Crippen LogP contribution in [0.2, 0.25) is 5.02 Å². The number of hydrogen-bond acceptors (Lipinski definition) is 5. The molecule has 174 valence electrons. The van der Waals surface area contributed by atoms with Crippen LogP contribution >= 0.6 is 23.8 Å². The van der Waals surface area contributed by atoms with Crippen molar-refractivity contribution in [3.63, 3.8) is 0 Å². The Balaban J connectivity index is 1.62. The van der Waals surface area contributed by atoms with Gasteiger partial charge in [-0.05, 0) is 43.8 Å². The van der Waals surface area contributed by atoms with E-state index in [-0.39, 0.29) is 29.9 Å². The van der Waals surface area contributed by atoms with Gasteiger partial charge in [-0.15, -0.1) is 0 Å². The third kappa shape index (κ3) is 5.49. The summed E-state index contributed by atoms with van der Waals surface area (Å²) in [5.74, 6) is -0.236. The molecule has 1 aliphatic heterocycles. The maximum Gasteiger partial charge on any atom is 0.417 e. The number of benzene rings is 1. The second-order valence-corrected chi connectivity index (χ2v) is 8.13. The molecule has 1 aliphatic rings. The van der Waals surface area contributed by atoms with E-state index in [4.69, 9.17) is 28.6 Å². The zero-order chi connectivity index (χ0) is 23.6. The van der Waals surface area contributed by atoms with Gasteiger partial charge in [-0.25, -0.2) is 4.79 Å². The van der Waals surface area contributed by atoms with Gasteiger partial charge in [0.1, 0.15) is 6.23 Å². The average molecular weight is 493 g/mol. The summed E-state index contributed by atoms with van der Waals surface area (Å²) < 4.78 is 45.5. The first-order valence-corrected chi connectivity index (χ1v) is 10.3. The lowest BCUT2D eigenvalue weighted by Gasteiger charge is -2.18. The molecule has 2 aromatic rings. The molecule has 1 aromatic heterocycles.